The van der Waals surface area contributed by atoms with Gasteiger partial charge in [-0.3, -0.25) is 4.79 Å². The Bertz CT molecular complexity index is 989. The average Bonchev–Trinajstić information content (AvgIpc) is 3.04. The molecule has 1 aromatic heterocycles. The number of carbonyl (C=O) groups excluding carboxylic acids is 1. The van der Waals surface area contributed by atoms with Crippen molar-refractivity contribution in [3.05, 3.63) is 54.6 Å². The second kappa shape index (κ2) is 8.60. The highest BCUT2D eigenvalue weighted by atomic mass is 16.2. The van der Waals surface area contributed by atoms with E-state index in [0.29, 0.717) is 0 Å². The molecule has 1 aliphatic rings. The molecule has 5 nitrogen and oxygen atoms in total. The molecular formula is C24H28N4O. The largest absolute Gasteiger partial charge is 0.353 e. The topological polar surface area (TPSA) is 49.3 Å². The molecule has 2 heterocycles. The van der Waals surface area contributed by atoms with E-state index in [1.807, 2.05) is 54.3 Å². The van der Waals surface area contributed by atoms with Crippen LogP contribution in [0, 0.1) is 5.92 Å². The summed E-state index contributed by atoms with van der Waals surface area (Å²) in [5.74, 6) is 1.26. The van der Waals surface area contributed by atoms with Gasteiger partial charge in [-0.1, -0.05) is 56.3 Å². The maximum absolute atomic E-state index is 12.7. The van der Waals surface area contributed by atoms with Crippen LogP contribution in [0.5, 0.6) is 0 Å². The van der Waals surface area contributed by atoms with Crippen LogP contribution >= 0.6 is 0 Å². The van der Waals surface area contributed by atoms with E-state index < -0.39 is 0 Å². The van der Waals surface area contributed by atoms with Gasteiger partial charge in [-0.2, -0.15) is 0 Å². The zero-order valence-corrected chi connectivity index (χ0v) is 17.2. The molecule has 2 aromatic carbocycles. The third kappa shape index (κ3) is 4.09. The number of anilines is 1. The Morgan fingerprint density at radius 2 is 1.62 bits per heavy atom. The Balaban J connectivity index is 1.68. The van der Waals surface area contributed by atoms with Gasteiger partial charge in [-0.05, 0) is 25.0 Å². The van der Waals surface area contributed by atoms with Gasteiger partial charge < -0.3 is 9.80 Å². The van der Waals surface area contributed by atoms with Crippen LogP contribution in [0.25, 0.3) is 22.3 Å². The highest BCUT2D eigenvalue weighted by molar-refractivity contribution is 5.83. The molecule has 1 unspecified atom stereocenters. The van der Waals surface area contributed by atoms with Crippen molar-refractivity contribution in [1.29, 1.82) is 0 Å². The van der Waals surface area contributed by atoms with E-state index in [2.05, 4.69) is 24.0 Å². The van der Waals surface area contributed by atoms with Crippen LogP contribution < -0.4 is 4.90 Å². The molecule has 29 heavy (non-hydrogen) atoms. The number of rotatable bonds is 4. The molecule has 1 atom stereocenters. The Hall–Kier alpha value is -2.95. The molecule has 150 valence electrons. The van der Waals surface area contributed by atoms with Crippen LogP contribution in [0.1, 0.15) is 26.7 Å². The second-order valence-corrected chi connectivity index (χ2v) is 7.73. The summed E-state index contributed by atoms with van der Waals surface area (Å²) in [5.41, 5.74) is 3.78. The number of benzene rings is 2. The number of hydrogen-bond donors (Lipinski definition) is 0. The summed E-state index contributed by atoms with van der Waals surface area (Å²) in [6, 6.07) is 18.3. The van der Waals surface area contributed by atoms with Gasteiger partial charge in [0.05, 0.1) is 11.0 Å². The standard InChI is InChI=1S/C24H28N4O/c1-3-18(2)24(29)28-15-9-14-27(16-17-28)23-22(19-10-5-4-6-11-19)25-20-12-7-8-13-21(20)26-23/h4-8,10-13,18H,3,9,14-17H2,1-2H3. The molecule has 0 aliphatic carbocycles. The number of carbonyl (C=O) groups is 1. The molecular weight excluding hydrogens is 360 g/mol. The minimum absolute atomic E-state index is 0.0851. The fourth-order valence-corrected chi connectivity index (χ4v) is 3.84. The zero-order chi connectivity index (χ0) is 20.2. The molecule has 0 radical (unpaired) electrons. The predicted octanol–water partition coefficient (Wildman–Crippen LogP) is 4.38. The van der Waals surface area contributed by atoms with Crippen LogP contribution in [-0.4, -0.2) is 47.0 Å². The number of aromatic nitrogens is 2. The molecule has 1 saturated heterocycles. The van der Waals surface area contributed by atoms with Crippen LogP contribution in [0.15, 0.2) is 54.6 Å². The Labute approximate surface area is 172 Å². The third-order valence-electron chi connectivity index (χ3n) is 5.74. The van der Waals surface area contributed by atoms with E-state index in [9.17, 15) is 4.79 Å². The third-order valence-corrected chi connectivity index (χ3v) is 5.74. The highest BCUT2D eigenvalue weighted by Crippen LogP contribution is 2.30. The van der Waals surface area contributed by atoms with Crippen molar-refractivity contribution in [2.24, 2.45) is 5.92 Å². The van der Waals surface area contributed by atoms with Crippen molar-refractivity contribution >= 4 is 22.8 Å². The number of fused-ring (bicyclic) bond motifs is 1. The minimum atomic E-state index is 0.0851. The van der Waals surface area contributed by atoms with Crippen LogP contribution in [0.3, 0.4) is 0 Å². The maximum atomic E-state index is 12.7. The van der Waals surface area contributed by atoms with E-state index in [1.54, 1.807) is 0 Å². The normalized spacial score (nSPS) is 15.9. The molecule has 3 aromatic rings. The molecule has 4 rings (SSSR count). The maximum Gasteiger partial charge on any atom is 0.225 e. The zero-order valence-electron chi connectivity index (χ0n) is 17.2. The van der Waals surface area contributed by atoms with Crippen molar-refractivity contribution in [3.8, 4) is 11.3 Å². The van der Waals surface area contributed by atoms with Crippen LogP contribution in [-0.2, 0) is 4.79 Å². The molecule has 1 aliphatic heterocycles. The Kier molecular flexibility index (Phi) is 5.74. The second-order valence-electron chi connectivity index (χ2n) is 7.73. The highest BCUT2D eigenvalue weighted by Gasteiger charge is 2.25. The summed E-state index contributed by atoms with van der Waals surface area (Å²) in [4.78, 5) is 26.9. The van der Waals surface area contributed by atoms with E-state index >= 15 is 0 Å². The van der Waals surface area contributed by atoms with Gasteiger partial charge in [0.25, 0.3) is 0 Å². The Morgan fingerprint density at radius 3 is 2.34 bits per heavy atom. The first-order valence-electron chi connectivity index (χ1n) is 10.5. The van der Waals surface area contributed by atoms with E-state index in [1.165, 1.54) is 0 Å². The summed E-state index contributed by atoms with van der Waals surface area (Å²) < 4.78 is 0. The summed E-state index contributed by atoms with van der Waals surface area (Å²) in [6.07, 6.45) is 1.82. The molecule has 0 bridgehead atoms. The van der Waals surface area contributed by atoms with Crippen molar-refractivity contribution in [2.75, 3.05) is 31.1 Å². The summed E-state index contributed by atoms with van der Waals surface area (Å²) in [6.45, 7) is 7.27. The fourth-order valence-electron chi connectivity index (χ4n) is 3.84. The van der Waals surface area contributed by atoms with E-state index in [4.69, 9.17) is 9.97 Å². The number of hydrogen-bond acceptors (Lipinski definition) is 4. The lowest BCUT2D eigenvalue weighted by atomic mass is 10.1. The molecule has 1 amide bonds. The average molecular weight is 389 g/mol. The molecule has 0 saturated carbocycles. The molecule has 0 spiro atoms. The summed E-state index contributed by atoms with van der Waals surface area (Å²) in [5, 5.41) is 0. The van der Waals surface area contributed by atoms with E-state index in [0.717, 1.165) is 67.1 Å². The van der Waals surface area contributed by atoms with Gasteiger partial charge in [-0.25, -0.2) is 9.97 Å². The molecule has 1 fully saturated rings. The number of amides is 1. The minimum Gasteiger partial charge on any atom is -0.353 e. The van der Waals surface area contributed by atoms with Crippen LogP contribution in [0.2, 0.25) is 0 Å². The predicted molar refractivity (Wildman–Crippen MR) is 118 cm³/mol. The lowest BCUT2D eigenvalue weighted by molar-refractivity contribution is -0.134. The van der Waals surface area contributed by atoms with Gasteiger partial charge in [0.2, 0.25) is 5.91 Å². The first-order valence-corrected chi connectivity index (χ1v) is 10.5. The monoisotopic (exact) mass is 388 g/mol. The summed E-state index contributed by atoms with van der Waals surface area (Å²) in [7, 11) is 0. The van der Waals surface area contributed by atoms with Gasteiger partial charge in [0.1, 0.15) is 5.69 Å². The Morgan fingerprint density at radius 1 is 0.931 bits per heavy atom. The lowest BCUT2D eigenvalue weighted by Gasteiger charge is -2.26. The SMILES string of the molecule is CCC(C)C(=O)N1CCCN(c2nc3ccccc3nc2-c2ccccc2)CC1. The lowest BCUT2D eigenvalue weighted by Crippen LogP contribution is -2.38. The van der Waals surface area contributed by atoms with Crippen molar-refractivity contribution in [1.82, 2.24) is 14.9 Å². The molecule has 5 heteroatoms. The first kappa shape index (κ1) is 19.4. The quantitative estimate of drug-likeness (QED) is 0.665. The van der Waals surface area contributed by atoms with Gasteiger partial charge in [-0.15, -0.1) is 0 Å². The smallest absolute Gasteiger partial charge is 0.225 e. The van der Waals surface area contributed by atoms with Crippen molar-refractivity contribution in [2.45, 2.75) is 26.7 Å². The summed E-state index contributed by atoms with van der Waals surface area (Å²) >= 11 is 0. The van der Waals surface area contributed by atoms with Gasteiger partial charge >= 0.3 is 0 Å². The first-order chi connectivity index (χ1) is 14.2. The van der Waals surface area contributed by atoms with Gasteiger partial charge in [0, 0.05) is 37.7 Å². The van der Waals surface area contributed by atoms with Crippen LogP contribution in [0.4, 0.5) is 5.82 Å². The molecule has 0 N–H and O–H groups in total. The van der Waals surface area contributed by atoms with Crippen molar-refractivity contribution in [3.63, 3.8) is 0 Å². The van der Waals surface area contributed by atoms with Crippen molar-refractivity contribution < 1.29 is 4.79 Å². The van der Waals surface area contributed by atoms with Gasteiger partial charge in [0.15, 0.2) is 5.82 Å². The number of para-hydroxylation sites is 2. The fraction of sp³-hybridized carbons (Fsp3) is 0.375. The van der Waals surface area contributed by atoms with E-state index in [-0.39, 0.29) is 11.8 Å². The number of nitrogens with zero attached hydrogens (tertiary/aromatic N) is 4.